The van der Waals surface area contributed by atoms with Crippen molar-refractivity contribution < 1.29 is 5.11 Å². The molecule has 2 aromatic heterocycles. The maximum Gasteiger partial charge on any atom is 0.0629 e. The highest BCUT2D eigenvalue weighted by molar-refractivity contribution is 7.09. The van der Waals surface area contributed by atoms with Crippen LogP contribution < -0.4 is 0 Å². The van der Waals surface area contributed by atoms with Crippen LogP contribution >= 0.6 is 11.3 Å². The molecule has 1 atom stereocenters. The van der Waals surface area contributed by atoms with Crippen molar-refractivity contribution in [3.8, 4) is 0 Å². The minimum Gasteiger partial charge on any atom is -0.392 e. The van der Waals surface area contributed by atoms with Gasteiger partial charge in [0.15, 0.2) is 0 Å². The van der Waals surface area contributed by atoms with Crippen LogP contribution in [0, 0.1) is 0 Å². The smallest absolute Gasteiger partial charge is 0.0629 e. The van der Waals surface area contributed by atoms with Gasteiger partial charge >= 0.3 is 0 Å². The molecule has 1 N–H and O–H groups in total. The van der Waals surface area contributed by atoms with Gasteiger partial charge in [0.05, 0.1) is 12.3 Å². The zero-order valence-corrected chi connectivity index (χ0v) is 10.2. The van der Waals surface area contributed by atoms with E-state index in [2.05, 4.69) is 18.1 Å². The van der Waals surface area contributed by atoms with Crippen molar-refractivity contribution in [3.63, 3.8) is 0 Å². The van der Waals surface area contributed by atoms with Gasteiger partial charge in [0.25, 0.3) is 0 Å². The van der Waals surface area contributed by atoms with Crippen LogP contribution in [0.2, 0.25) is 0 Å². The largest absolute Gasteiger partial charge is 0.392 e. The van der Waals surface area contributed by atoms with E-state index >= 15 is 0 Å². The fourth-order valence-corrected chi connectivity index (χ4v) is 2.47. The highest BCUT2D eigenvalue weighted by atomic mass is 32.1. The Morgan fingerprint density at radius 1 is 1.50 bits per heavy atom. The van der Waals surface area contributed by atoms with Gasteiger partial charge in [-0.2, -0.15) is 5.10 Å². The second kappa shape index (κ2) is 5.27. The van der Waals surface area contributed by atoms with Gasteiger partial charge in [-0.05, 0) is 23.9 Å². The SMILES string of the molecule is CCn1cc(CC(O)Cc2cccs2)cn1. The van der Waals surface area contributed by atoms with Crippen molar-refractivity contribution in [1.82, 2.24) is 9.78 Å². The summed E-state index contributed by atoms with van der Waals surface area (Å²) in [5.41, 5.74) is 1.10. The number of aliphatic hydroxyl groups excluding tert-OH is 1. The number of hydrogen-bond donors (Lipinski definition) is 1. The molecule has 2 heterocycles. The lowest BCUT2D eigenvalue weighted by Gasteiger charge is -2.07. The summed E-state index contributed by atoms with van der Waals surface area (Å²) < 4.78 is 1.88. The molecular weight excluding hydrogens is 220 g/mol. The van der Waals surface area contributed by atoms with E-state index in [9.17, 15) is 5.11 Å². The Bertz CT molecular complexity index is 422. The van der Waals surface area contributed by atoms with Crippen LogP contribution in [0.25, 0.3) is 0 Å². The van der Waals surface area contributed by atoms with Crippen LogP contribution in [0.1, 0.15) is 17.4 Å². The second-order valence-electron chi connectivity index (χ2n) is 3.85. The molecule has 0 aliphatic rings. The first kappa shape index (κ1) is 11.4. The van der Waals surface area contributed by atoms with Crippen LogP contribution in [0.4, 0.5) is 0 Å². The first-order valence-electron chi connectivity index (χ1n) is 5.49. The van der Waals surface area contributed by atoms with Gasteiger partial charge in [-0.3, -0.25) is 4.68 Å². The minimum absolute atomic E-state index is 0.312. The summed E-state index contributed by atoms with van der Waals surface area (Å²) in [5.74, 6) is 0. The van der Waals surface area contributed by atoms with Gasteiger partial charge in [0.1, 0.15) is 0 Å². The molecule has 86 valence electrons. The zero-order chi connectivity index (χ0) is 11.4. The van der Waals surface area contributed by atoms with E-state index in [-0.39, 0.29) is 6.10 Å². The summed E-state index contributed by atoms with van der Waals surface area (Å²) in [6.45, 7) is 2.93. The van der Waals surface area contributed by atoms with E-state index in [0.717, 1.165) is 18.5 Å². The lowest BCUT2D eigenvalue weighted by Crippen LogP contribution is -2.12. The number of thiophene rings is 1. The van der Waals surface area contributed by atoms with Crippen molar-refractivity contribution in [2.75, 3.05) is 0 Å². The maximum absolute atomic E-state index is 9.93. The van der Waals surface area contributed by atoms with Crippen LogP contribution in [-0.4, -0.2) is 21.0 Å². The number of aromatic nitrogens is 2. The predicted molar refractivity (Wildman–Crippen MR) is 65.6 cm³/mol. The summed E-state index contributed by atoms with van der Waals surface area (Å²) in [6.07, 6.45) is 4.93. The summed E-state index contributed by atoms with van der Waals surface area (Å²) in [6, 6.07) is 4.07. The number of hydrogen-bond acceptors (Lipinski definition) is 3. The first-order valence-corrected chi connectivity index (χ1v) is 6.37. The molecule has 0 amide bonds. The van der Waals surface area contributed by atoms with E-state index < -0.39 is 0 Å². The normalized spacial score (nSPS) is 12.9. The fourth-order valence-electron chi connectivity index (χ4n) is 1.69. The Hall–Kier alpha value is -1.13. The van der Waals surface area contributed by atoms with Crippen LogP contribution in [0.3, 0.4) is 0 Å². The molecule has 0 aliphatic heterocycles. The van der Waals surface area contributed by atoms with E-state index in [1.165, 1.54) is 4.88 Å². The molecule has 1 unspecified atom stereocenters. The molecule has 0 bridgehead atoms. The molecular formula is C12H16N2OS. The number of rotatable bonds is 5. The molecule has 2 aromatic rings. The van der Waals surface area contributed by atoms with Gasteiger partial charge in [-0.25, -0.2) is 0 Å². The van der Waals surface area contributed by atoms with Crippen LogP contribution in [-0.2, 0) is 19.4 Å². The lowest BCUT2D eigenvalue weighted by atomic mass is 10.1. The Balaban J connectivity index is 1.89. The van der Waals surface area contributed by atoms with Crippen molar-refractivity contribution in [3.05, 3.63) is 40.3 Å². The van der Waals surface area contributed by atoms with Crippen molar-refractivity contribution in [1.29, 1.82) is 0 Å². The van der Waals surface area contributed by atoms with Gasteiger partial charge in [-0.1, -0.05) is 6.07 Å². The average molecular weight is 236 g/mol. The van der Waals surface area contributed by atoms with Gasteiger partial charge in [-0.15, -0.1) is 11.3 Å². The Morgan fingerprint density at radius 2 is 2.38 bits per heavy atom. The van der Waals surface area contributed by atoms with Crippen molar-refractivity contribution >= 4 is 11.3 Å². The maximum atomic E-state index is 9.93. The average Bonchev–Trinajstić information content (AvgIpc) is 2.89. The Morgan fingerprint density at radius 3 is 3.00 bits per heavy atom. The second-order valence-corrected chi connectivity index (χ2v) is 4.88. The molecule has 0 aliphatic carbocycles. The van der Waals surface area contributed by atoms with Crippen molar-refractivity contribution in [2.45, 2.75) is 32.4 Å². The van der Waals surface area contributed by atoms with Gasteiger partial charge in [0.2, 0.25) is 0 Å². The van der Waals surface area contributed by atoms with Gasteiger partial charge in [0, 0.05) is 30.5 Å². The highest BCUT2D eigenvalue weighted by Gasteiger charge is 2.08. The molecule has 0 spiro atoms. The van der Waals surface area contributed by atoms with Crippen molar-refractivity contribution in [2.24, 2.45) is 0 Å². The van der Waals surface area contributed by atoms with E-state index in [1.807, 2.05) is 28.5 Å². The first-order chi connectivity index (χ1) is 7.78. The Kier molecular flexibility index (Phi) is 3.74. The third-order valence-corrected chi connectivity index (χ3v) is 3.40. The van der Waals surface area contributed by atoms with E-state index in [1.54, 1.807) is 11.3 Å². The zero-order valence-electron chi connectivity index (χ0n) is 9.34. The Labute approximate surface area is 99.4 Å². The molecule has 2 rings (SSSR count). The molecule has 16 heavy (non-hydrogen) atoms. The lowest BCUT2D eigenvalue weighted by molar-refractivity contribution is 0.176. The predicted octanol–water partition coefficient (Wildman–Crippen LogP) is 2.11. The molecule has 0 radical (unpaired) electrons. The summed E-state index contributed by atoms with van der Waals surface area (Å²) in [4.78, 5) is 1.23. The van der Waals surface area contributed by atoms with E-state index in [0.29, 0.717) is 6.42 Å². The monoisotopic (exact) mass is 236 g/mol. The standard InChI is InChI=1S/C12H16N2OS/c1-2-14-9-10(8-13-14)6-11(15)7-12-4-3-5-16-12/h3-5,8-9,11,15H,2,6-7H2,1H3. The molecule has 0 saturated heterocycles. The molecule has 0 aromatic carbocycles. The van der Waals surface area contributed by atoms with E-state index in [4.69, 9.17) is 0 Å². The number of nitrogens with zero attached hydrogens (tertiary/aromatic N) is 2. The number of aliphatic hydroxyl groups is 1. The quantitative estimate of drug-likeness (QED) is 0.863. The molecule has 0 fully saturated rings. The van der Waals surface area contributed by atoms with Crippen LogP contribution in [0.5, 0.6) is 0 Å². The minimum atomic E-state index is -0.312. The number of aryl methyl sites for hydroxylation is 1. The summed E-state index contributed by atoms with van der Waals surface area (Å²) in [5, 5.41) is 16.2. The van der Waals surface area contributed by atoms with Gasteiger partial charge < -0.3 is 5.11 Å². The van der Waals surface area contributed by atoms with Crippen LogP contribution in [0.15, 0.2) is 29.9 Å². The molecule has 0 saturated carbocycles. The third kappa shape index (κ3) is 2.93. The summed E-state index contributed by atoms with van der Waals surface area (Å²) >= 11 is 1.69. The molecule has 4 heteroatoms. The molecule has 3 nitrogen and oxygen atoms in total. The topological polar surface area (TPSA) is 38.0 Å². The summed E-state index contributed by atoms with van der Waals surface area (Å²) in [7, 11) is 0. The fraction of sp³-hybridized carbons (Fsp3) is 0.417. The third-order valence-electron chi connectivity index (χ3n) is 2.50. The highest BCUT2D eigenvalue weighted by Crippen LogP contribution is 2.13.